The highest BCUT2D eigenvalue weighted by Gasteiger charge is 2.10. The van der Waals surface area contributed by atoms with Crippen LogP contribution in [-0.2, 0) is 6.54 Å². The zero-order valence-electron chi connectivity index (χ0n) is 12.0. The summed E-state index contributed by atoms with van der Waals surface area (Å²) < 4.78 is 11.0. The topological polar surface area (TPSA) is 30.5 Å². The van der Waals surface area contributed by atoms with Gasteiger partial charge < -0.3 is 14.8 Å². The zero-order valence-corrected chi connectivity index (χ0v) is 13.5. The molecule has 0 aromatic heterocycles. The van der Waals surface area contributed by atoms with E-state index in [4.69, 9.17) is 32.7 Å². The van der Waals surface area contributed by atoms with E-state index in [9.17, 15) is 0 Å². The minimum absolute atomic E-state index is 0.580. The summed E-state index contributed by atoms with van der Waals surface area (Å²) in [6.07, 6.45) is 0. The van der Waals surface area contributed by atoms with Crippen LogP contribution in [0.2, 0.25) is 10.0 Å². The largest absolute Gasteiger partial charge is 0.493 e. The number of hydrogen-bond donors (Lipinski definition) is 1. The minimum atomic E-state index is 0.580. The van der Waals surface area contributed by atoms with Crippen molar-refractivity contribution < 1.29 is 9.47 Å². The molecule has 0 spiro atoms. The van der Waals surface area contributed by atoms with Gasteiger partial charge in [0.05, 0.1) is 13.7 Å². The SMILES string of the molecule is CCOc1c(CNc2cc(Cl)cc(Cl)c2)cccc1OC. The van der Waals surface area contributed by atoms with Crippen molar-refractivity contribution in [3.05, 3.63) is 52.0 Å². The van der Waals surface area contributed by atoms with E-state index in [1.54, 1.807) is 13.2 Å². The summed E-state index contributed by atoms with van der Waals surface area (Å²) in [7, 11) is 1.63. The number of halogens is 2. The Morgan fingerprint density at radius 3 is 2.43 bits per heavy atom. The zero-order chi connectivity index (χ0) is 15.2. The molecule has 0 aliphatic rings. The van der Waals surface area contributed by atoms with Gasteiger partial charge in [0.1, 0.15) is 0 Å². The standard InChI is InChI=1S/C16H17Cl2NO2/c1-3-21-16-11(5-4-6-15(16)20-2)10-19-14-8-12(17)7-13(18)9-14/h4-9,19H,3,10H2,1-2H3. The summed E-state index contributed by atoms with van der Waals surface area (Å²) in [4.78, 5) is 0. The smallest absolute Gasteiger partial charge is 0.166 e. The van der Waals surface area contributed by atoms with Gasteiger partial charge in [0.15, 0.2) is 11.5 Å². The number of nitrogens with one attached hydrogen (secondary N) is 1. The van der Waals surface area contributed by atoms with Gasteiger partial charge in [-0.25, -0.2) is 0 Å². The van der Waals surface area contributed by atoms with Crippen LogP contribution in [0.3, 0.4) is 0 Å². The summed E-state index contributed by atoms with van der Waals surface area (Å²) in [5.41, 5.74) is 1.87. The van der Waals surface area contributed by atoms with Crippen LogP contribution in [0.4, 0.5) is 5.69 Å². The summed E-state index contributed by atoms with van der Waals surface area (Å²) in [6, 6.07) is 11.2. The fourth-order valence-corrected chi connectivity index (χ4v) is 2.55. The first-order valence-electron chi connectivity index (χ1n) is 6.62. The number of anilines is 1. The average Bonchev–Trinajstić information content (AvgIpc) is 2.45. The van der Waals surface area contributed by atoms with Crippen molar-refractivity contribution in [1.82, 2.24) is 0 Å². The van der Waals surface area contributed by atoms with Gasteiger partial charge in [-0.3, -0.25) is 0 Å². The minimum Gasteiger partial charge on any atom is -0.493 e. The van der Waals surface area contributed by atoms with Crippen LogP contribution in [0.25, 0.3) is 0 Å². The number of para-hydroxylation sites is 1. The molecule has 0 unspecified atom stereocenters. The lowest BCUT2D eigenvalue weighted by Gasteiger charge is -2.15. The molecule has 0 amide bonds. The molecule has 2 rings (SSSR count). The quantitative estimate of drug-likeness (QED) is 0.809. The summed E-state index contributed by atoms with van der Waals surface area (Å²) >= 11 is 12.0. The van der Waals surface area contributed by atoms with Crippen LogP contribution >= 0.6 is 23.2 Å². The number of methoxy groups -OCH3 is 1. The second-order valence-corrected chi connectivity index (χ2v) is 5.27. The van der Waals surface area contributed by atoms with Crippen molar-refractivity contribution in [2.24, 2.45) is 0 Å². The van der Waals surface area contributed by atoms with E-state index < -0.39 is 0 Å². The molecule has 0 bridgehead atoms. The molecule has 21 heavy (non-hydrogen) atoms. The third-order valence-electron chi connectivity index (χ3n) is 2.91. The van der Waals surface area contributed by atoms with Crippen molar-refractivity contribution >= 4 is 28.9 Å². The monoisotopic (exact) mass is 325 g/mol. The van der Waals surface area contributed by atoms with Crippen molar-refractivity contribution in [2.75, 3.05) is 19.0 Å². The maximum absolute atomic E-state index is 5.99. The molecule has 0 atom stereocenters. The summed E-state index contributed by atoms with van der Waals surface area (Å²) in [5.74, 6) is 1.48. The highest BCUT2D eigenvalue weighted by atomic mass is 35.5. The van der Waals surface area contributed by atoms with Crippen LogP contribution in [0.1, 0.15) is 12.5 Å². The molecule has 0 aliphatic heterocycles. The number of ether oxygens (including phenoxy) is 2. The molecule has 1 N–H and O–H groups in total. The maximum atomic E-state index is 5.99. The first-order valence-corrected chi connectivity index (χ1v) is 7.38. The summed E-state index contributed by atoms with van der Waals surface area (Å²) in [5, 5.41) is 4.48. The Labute approximate surface area is 134 Å². The van der Waals surface area contributed by atoms with E-state index in [0.29, 0.717) is 23.2 Å². The molecule has 0 saturated carbocycles. The number of rotatable bonds is 6. The van der Waals surface area contributed by atoms with Crippen LogP contribution in [0.5, 0.6) is 11.5 Å². The van der Waals surface area contributed by atoms with Gasteiger partial charge in [0, 0.05) is 27.8 Å². The lowest BCUT2D eigenvalue weighted by Crippen LogP contribution is -2.04. The third kappa shape index (κ3) is 4.19. The Morgan fingerprint density at radius 2 is 1.81 bits per heavy atom. The van der Waals surface area contributed by atoms with Gasteiger partial charge in [-0.2, -0.15) is 0 Å². The lowest BCUT2D eigenvalue weighted by atomic mass is 10.1. The first-order chi connectivity index (χ1) is 10.1. The predicted molar refractivity (Wildman–Crippen MR) is 88.0 cm³/mol. The van der Waals surface area contributed by atoms with E-state index in [0.717, 1.165) is 22.7 Å². The molecular weight excluding hydrogens is 309 g/mol. The highest BCUT2D eigenvalue weighted by Crippen LogP contribution is 2.32. The molecule has 2 aromatic carbocycles. The predicted octanol–water partition coefficient (Wildman–Crippen LogP) is 5.01. The molecule has 3 nitrogen and oxygen atoms in total. The number of hydrogen-bond acceptors (Lipinski definition) is 3. The second-order valence-electron chi connectivity index (χ2n) is 4.39. The fraction of sp³-hybridized carbons (Fsp3) is 0.250. The Balaban J connectivity index is 2.19. The average molecular weight is 326 g/mol. The van der Waals surface area contributed by atoms with Crippen LogP contribution in [0, 0.1) is 0 Å². The molecule has 0 fully saturated rings. The molecule has 0 aliphatic carbocycles. The van der Waals surface area contributed by atoms with Gasteiger partial charge in [0.2, 0.25) is 0 Å². The van der Waals surface area contributed by atoms with Gasteiger partial charge in [-0.1, -0.05) is 35.3 Å². The van der Waals surface area contributed by atoms with E-state index in [2.05, 4.69) is 5.32 Å². The fourth-order valence-electron chi connectivity index (χ4n) is 2.02. The molecule has 112 valence electrons. The Bertz CT molecular complexity index is 597. The number of benzene rings is 2. The van der Waals surface area contributed by atoms with Crippen molar-refractivity contribution in [1.29, 1.82) is 0 Å². The van der Waals surface area contributed by atoms with E-state index >= 15 is 0 Å². The van der Waals surface area contributed by atoms with Gasteiger partial charge >= 0.3 is 0 Å². The Hall–Kier alpha value is -1.58. The van der Waals surface area contributed by atoms with E-state index in [1.165, 1.54) is 0 Å². The van der Waals surface area contributed by atoms with Gasteiger partial charge in [-0.05, 0) is 31.2 Å². The van der Waals surface area contributed by atoms with Crippen molar-refractivity contribution in [3.63, 3.8) is 0 Å². The molecule has 5 heteroatoms. The summed E-state index contributed by atoms with van der Waals surface area (Å²) in [6.45, 7) is 3.11. The highest BCUT2D eigenvalue weighted by molar-refractivity contribution is 6.35. The Kier molecular flexibility index (Phi) is 5.59. The second kappa shape index (κ2) is 7.43. The van der Waals surface area contributed by atoms with Crippen LogP contribution in [0.15, 0.2) is 36.4 Å². The first kappa shape index (κ1) is 15.8. The van der Waals surface area contributed by atoms with Crippen molar-refractivity contribution in [3.8, 4) is 11.5 Å². The van der Waals surface area contributed by atoms with Crippen LogP contribution < -0.4 is 14.8 Å². The molecule has 2 aromatic rings. The van der Waals surface area contributed by atoms with Crippen LogP contribution in [-0.4, -0.2) is 13.7 Å². The third-order valence-corrected chi connectivity index (χ3v) is 3.35. The molecule has 0 saturated heterocycles. The molecule has 0 heterocycles. The Morgan fingerprint density at radius 1 is 1.10 bits per heavy atom. The lowest BCUT2D eigenvalue weighted by molar-refractivity contribution is 0.308. The maximum Gasteiger partial charge on any atom is 0.166 e. The molecule has 0 radical (unpaired) electrons. The normalized spacial score (nSPS) is 10.3. The van der Waals surface area contributed by atoms with Gasteiger partial charge in [-0.15, -0.1) is 0 Å². The van der Waals surface area contributed by atoms with E-state index in [1.807, 2.05) is 37.3 Å². The van der Waals surface area contributed by atoms with Gasteiger partial charge in [0.25, 0.3) is 0 Å². The van der Waals surface area contributed by atoms with E-state index in [-0.39, 0.29) is 0 Å². The van der Waals surface area contributed by atoms with Crippen molar-refractivity contribution in [2.45, 2.75) is 13.5 Å². The molecular formula is C16H17Cl2NO2.